The highest BCUT2D eigenvalue weighted by Gasteiger charge is 2.15. The molecule has 0 spiro atoms. The number of nitrogens with two attached hydrogens (primary N) is 1. The van der Waals surface area contributed by atoms with Crippen LogP contribution in [-0.4, -0.2) is 18.1 Å². The van der Waals surface area contributed by atoms with Crippen molar-refractivity contribution in [3.05, 3.63) is 30.5 Å². The van der Waals surface area contributed by atoms with Crippen molar-refractivity contribution in [2.75, 3.05) is 23.7 Å². The summed E-state index contributed by atoms with van der Waals surface area (Å²) in [6.07, 6.45) is 3.21. The third kappa shape index (κ3) is 1.31. The number of aromatic nitrogens is 1. The lowest BCUT2D eigenvalue weighted by Gasteiger charge is -2.33. The molecule has 1 aromatic heterocycles. The van der Waals surface area contributed by atoms with Crippen LogP contribution in [0, 0.1) is 0 Å². The van der Waals surface area contributed by atoms with Crippen LogP contribution in [0.25, 0.3) is 10.9 Å². The molecule has 2 aromatic rings. The lowest BCUT2D eigenvalue weighted by Crippen LogP contribution is -2.36. The first kappa shape index (κ1) is 8.53. The van der Waals surface area contributed by atoms with E-state index >= 15 is 0 Å². The number of hydrogen-bond acceptors (Lipinski definition) is 3. The molecule has 3 nitrogen and oxygen atoms in total. The Balaban J connectivity index is 2.15. The van der Waals surface area contributed by atoms with Crippen molar-refractivity contribution in [2.45, 2.75) is 6.42 Å². The van der Waals surface area contributed by atoms with Gasteiger partial charge in [-0.3, -0.25) is 4.98 Å². The molecule has 2 N–H and O–H groups in total. The van der Waals surface area contributed by atoms with E-state index in [1.807, 2.05) is 24.4 Å². The van der Waals surface area contributed by atoms with Gasteiger partial charge in [-0.2, -0.15) is 0 Å². The van der Waals surface area contributed by atoms with Gasteiger partial charge < -0.3 is 10.6 Å². The quantitative estimate of drug-likeness (QED) is 0.714. The number of hydrogen-bond donors (Lipinski definition) is 1. The topological polar surface area (TPSA) is 42.1 Å². The molecule has 1 saturated heterocycles. The Bertz CT molecular complexity index is 503. The van der Waals surface area contributed by atoms with E-state index in [0.717, 1.165) is 29.7 Å². The third-order valence-electron chi connectivity index (χ3n) is 2.97. The maximum atomic E-state index is 5.93. The third-order valence-corrected chi connectivity index (χ3v) is 2.97. The average Bonchev–Trinajstić information content (AvgIpc) is 2.17. The van der Waals surface area contributed by atoms with Gasteiger partial charge in [0.2, 0.25) is 0 Å². The number of benzene rings is 1. The van der Waals surface area contributed by atoms with Crippen molar-refractivity contribution in [2.24, 2.45) is 0 Å². The monoisotopic (exact) mass is 199 g/mol. The van der Waals surface area contributed by atoms with Gasteiger partial charge in [0.1, 0.15) is 0 Å². The van der Waals surface area contributed by atoms with Crippen LogP contribution in [0.4, 0.5) is 11.4 Å². The molecule has 0 aliphatic carbocycles. The summed E-state index contributed by atoms with van der Waals surface area (Å²) in [6.45, 7) is 2.28. The second-order valence-electron chi connectivity index (χ2n) is 3.95. The molecular weight excluding hydrogens is 186 g/mol. The normalized spacial score (nSPS) is 15.3. The van der Waals surface area contributed by atoms with Gasteiger partial charge in [-0.1, -0.05) is 6.07 Å². The van der Waals surface area contributed by atoms with Crippen molar-refractivity contribution in [3.8, 4) is 0 Å². The molecule has 15 heavy (non-hydrogen) atoms. The van der Waals surface area contributed by atoms with Gasteiger partial charge in [0, 0.05) is 24.2 Å². The lowest BCUT2D eigenvalue weighted by molar-refractivity contribution is 0.617. The predicted octanol–water partition coefficient (Wildman–Crippen LogP) is 2.03. The highest BCUT2D eigenvalue weighted by Crippen LogP contribution is 2.26. The minimum absolute atomic E-state index is 0.808. The molecule has 1 aliphatic rings. The Labute approximate surface area is 88.5 Å². The summed E-state index contributed by atoms with van der Waals surface area (Å²) in [5.41, 5.74) is 8.89. The van der Waals surface area contributed by atoms with E-state index < -0.39 is 0 Å². The summed E-state index contributed by atoms with van der Waals surface area (Å²) < 4.78 is 0. The zero-order valence-electron chi connectivity index (χ0n) is 8.48. The zero-order chi connectivity index (χ0) is 10.3. The van der Waals surface area contributed by atoms with Crippen molar-refractivity contribution in [3.63, 3.8) is 0 Å². The molecule has 1 aliphatic heterocycles. The first-order valence-corrected chi connectivity index (χ1v) is 5.24. The fraction of sp³-hybridized carbons (Fsp3) is 0.250. The van der Waals surface area contributed by atoms with Crippen LogP contribution < -0.4 is 10.6 Å². The molecule has 1 fully saturated rings. The van der Waals surface area contributed by atoms with E-state index in [1.54, 1.807) is 0 Å². The van der Waals surface area contributed by atoms with Gasteiger partial charge >= 0.3 is 0 Å². The molecule has 3 heteroatoms. The largest absolute Gasteiger partial charge is 0.398 e. The molecule has 0 atom stereocenters. The summed E-state index contributed by atoms with van der Waals surface area (Å²) in [7, 11) is 0. The van der Waals surface area contributed by atoms with Gasteiger partial charge in [-0.15, -0.1) is 0 Å². The molecule has 0 bridgehead atoms. The lowest BCUT2D eigenvalue weighted by atomic mass is 10.1. The number of rotatable bonds is 1. The van der Waals surface area contributed by atoms with Crippen LogP contribution in [-0.2, 0) is 0 Å². The molecule has 0 unspecified atom stereocenters. The van der Waals surface area contributed by atoms with E-state index in [9.17, 15) is 0 Å². The van der Waals surface area contributed by atoms with Crippen molar-refractivity contribution in [1.29, 1.82) is 0 Å². The van der Waals surface area contributed by atoms with E-state index in [0.29, 0.717) is 0 Å². The molecule has 0 amide bonds. The second-order valence-corrected chi connectivity index (χ2v) is 3.95. The minimum Gasteiger partial charge on any atom is -0.398 e. The fourth-order valence-electron chi connectivity index (χ4n) is 1.91. The number of pyridine rings is 1. The zero-order valence-corrected chi connectivity index (χ0v) is 8.48. The molecule has 1 aromatic carbocycles. The summed E-state index contributed by atoms with van der Waals surface area (Å²) >= 11 is 0. The van der Waals surface area contributed by atoms with Crippen molar-refractivity contribution >= 4 is 22.3 Å². The summed E-state index contributed by atoms with van der Waals surface area (Å²) in [6, 6.07) is 7.99. The minimum atomic E-state index is 0.808. The number of nitrogens with zero attached hydrogens (tertiary/aromatic N) is 2. The SMILES string of the molecule is Nc1cccc2ncc(N3CCC3)cc12. The smallest absolute Gasteiger partial charge is 0.0724 e. The molecular formula is C12H13N3. The van der Waals surface area contributed by atoms with Crippen LogP contribution in [0.2, 0.25) is 0 Å². The number of nitrogen functional groups attached to an aromatic ring is 1. The van der Waals surface area contributed by atoms with E-state index in [4.69, 9.17) is 5.73 Å². The highest BCUT2D eigenvalue weighted by atomic mass is 15.2. The molecule has 76 valence electrons. The fourth-order valence-corrected chi connectivity index (χ4v) is 1.91. The average molecular weight is 199 g/mol. The van der Waals surface area contributed by atoms with Gasteiger partial charge in [-0.05, 0) is 24.6 Å². The van der Waals surface area contributed by atoms with Gasteiger partial charge in [0.15, 0.2) is 0 Å². The Morgan fingerprint density at radius 2 is 2.13 bits per heavy atom. The first-order chi connectivity index (χ1) is 7.34. The Morgan fingerprint density at radius 3 is 2.87 bits per heavy atom. The van der Waals surface area contributed by atoms with Crippen LogP contribution in [0.15, 0.2) is 30.5 Å². The summed E-state index contributed by atoms with van der Waals surface area (Å²) in [5, 5.41) is 1.06. The summed E-state index contributed by atoms with van der Waals surface area (Å²) in [4.78, 5) is 6.74. The van der Waals surface area contributed by atoms with E-state index in [2.05, 4.69) is 16.0 Å². The molecule has 0 radical (unpaired) electrons. The summed E-state index contributed by atoms with van der Waals surface area (Å²) in [5.74, 6) is 0. The van der Waals surface area contributed by atoms with Crippen LogP contribution in [0.5, 0.6) is 0 Å². The van der Waals surface area contributed by atoms with Crippen LogP contribution in [0.1, 0.15) is 6.42 Å². The van der Waals surface area contributed by atoms with E-state index in [1.165, 1.54) is 12.1 Å². The van der Waals surface area contributed by atoms with Crippen LogP contribution >= 0.6 is 0 Å². The number of fused-ring (bicyclic) bond motifs is 1. The maximum absolute atomic E-state index is 5.93. The molecule has 3 rings (SSSR count). The Hall–Kier alpha value is -1.77. The van der Waals surface area contributed by atoms with Crippen LogP contribution in [0.3, 0.4) is 0 Å². The standard InChI is InChI=1S/C12H13N3/c13-11-3-1-4-12-10(11)7-9(8-14-12)15-5-2-6-15/h1,3-4,7-8H,2,5-6,13H2. The predicted molar refractivity (Wildman–Crippen MR) is 63.0 cm³/mol. The van der Waals surface area contributed by atoms with Crippen molar-refractivity contribution < 1.29 is 0 Å². The van der Waals surface area contributed by atoms with Gasteiger partial charge in [0.05, 0.1) is 17.4 Å². The van der Waals surface area contributed by atoms with E-state index in [-0.39, 0.29) is 0 Å². The Morgan fingerprint density at radius 1 is 1.27 bits per heavy atom. The van der Waals surface area contributed by atoms with Gasteiger partial charge in [-0.25, -0.2) is 0 Å². The first-order valence-electron chi connectivity index (χ1n) is 5.24. The van der Waals surface area contributed by atoms with Gasteiger partial charge in [0.25, 0.3) is 0 Å². The Kier molecular flexibility index (Phi) is 1.78. The maximum Gasteiger partial charge on any atom is 0.0724 e. The number of anilines is 2. The second kappa shape index (κ2) is 3.12. The van der Waals surface area contributed by atoms with Crippen molar-refractivity contribution in [1.82, 2.24) is 4.98 Å². The highest BCUT2D eigenvalue weighted by molar-refractivity contribution is 5.92. The molecule has 2 heterocycles. The molecule has 0 saturated carbocycles.